The Hall–Kier alpha value is -2.26. The van der Waals surface area contributed by atoms with Crippen LogP contribution in [0.25, 0.3) is 21.7 Å². The second-order valence-electron chi connectivity index (χ2n) is 5.07. The fraction of sp³-hybridized carbons (Fsp3) is 0.214. The number of para-hydroxylation sites is 2. The van der Waals surface area contributed by atoms with Crippen molar-refractivity contribution < 1.29 is 13.2 Å². The number of sulfonamides is 1. The topological polar surface area (TPSA) is 93.9 Å². The van der Waals surface area contributed by atoms with Crippen LogP contribution < -0.4 is 4.72 Å². The van der Waals surface area contributed by atoms with Crippen molar-refractivity contribution >= 4 is 38.3 Å². The normalized spacial score (nSPS) is 11.7. The number of imidazole rings is 1. The van der Waals surface area contributed by atoms with E-state index in [-0.39, 0.29) is 6.54 Å². The van der Waals surface area contributed by atoms with Crippen LogP contribution in [-0.2, 0) is 21.4 Å². The molecule has 7 nitrogen and oxygen atoms in total. The molecular formula is C14H14N4O3S2. The second-order valence-corrected chi connectivity index (χ2v) is 7.68. The Morgan fingerprint density at radius 2 is 2.09 bits per heavy atom. The predicted octanol–water partition coefficient (Wildman–Crippen LogP) is 1.54. The summed E-state index contributed by atoms with van der Waals surface area (Å²) in [6, 6.07) is 7.40. The van der Waals surface area contributed by atoms with E-state index in [1.165, 1.54) is 11.3 Å². The average molecular weight is 350 g/mol. The highest BCUT2D eigenvalue weighted by molar-refractivity contribution is 7.89. The summed E-state index contributed by atoms with van der Waals surface area (Å²) in [7, 11) is -3.60. The van der Waals surface area contributed by atoms with E-state index in [9.17, 15) is 13.2 Å². The number of aryl methyl sites for hydroxylation is 1. The summed E-state index contributed by atoms with van der Waals surface area (Å²) >= 11 is 1.43. The Kier molecular flexibility index (Phi) is 3.90. The lowest BCUT2D eigenvalue weighted by Gasteiger charge is -2.08. The molecule has 0 aliphatic heterocycles. The van der Waals surface area contributed by atoms with Gasteiger partial charge < -0.3 is 4.57 Å². The zero-order valence-electron chi connectivity index (χ0n) is 12.5. The van der Waals surface area contributed by atoms with Gasteiger partial charge in [0.1, 0.15) is 6.54 Å². The molecule has 0 saturated heterocycles. The quantitative estimate of drug-likeness (QED) is 0.770. The molecule has 0 radical (unpaired) electrons. The molecule has 120 valence electrons. The summed E-state index contributed by atoms with van der Waals surface area (Å²) < 4.78 is 26.2. The van der Waals surface area contributed by atoms with Gasteiger partial charge in [-0.1, -0.05) is 12.1 Å². The zero-order valence-corrected chi connectivity index (χ0v) is 14.1. The lowest BCUT2D eigenvalue weighted by molar-refractivity contribution is -0.119. The Morgan fingerprint density at radius 3 is 2.74 bits per heavy atom. The number of benzene rings is 1. The van der Waals surface area contributed by atoms with Crippen LogP contribution in [0.2, 0.25) is 0 Å². The van der Waals surface area contributed by atoms with E-state index < -0.39 is 15.9 Å². The number of aromatic nitrogens is 3. The predicted molar refractivity (Wildman–Crippen MR) is 88.6 cm³/mol. The molecule has 0 fully saturated rings. The Labute approximate surface area is 137 Å². The molecule has 0 atom stereocenters. The van der Waals surface area contributed by atoms with E-state index in [2.05, 4.69) is 9.97 Å². The highest BCUT2D eigenvalue weighted by atomic mass is 32.2. The number of rotatable bonds is 4. The minimum absolute atomic E-state index is 0.139. The zero-order chi connectivity index (χ0) is 16.6. The minimum atomic E-state index is -3.60. The maximum atomic E-state index is 12.0. The number of carbonyl (C=O) groups is 1. The molecule has 3 rings (SSSR count). The molecule has 0 spiro atoms. The van der Waals surface area contributed by atoms with Gasteiger partial charge in [0.25, 0.3) is 5.91 Å². The molecule has 2 aromatic heterocycles. The van der Waals surface area contributed by atoms with Gasteiger partial charge in [-0.25, -0.2) is 18.4 Å². The molecular weight excluding hydrogens is 336 g/mol. The second kappa shape index (κ2) is 5.74. The van der Waals surface area contributed by atoms with Crippen molar-refractivity contribution in [1.29, 1.82) is 0 Å². The van der Waals surface area contributed by atoms with Gasteiger partial charge in [0.2, 0.25) is 10.0 Å². The number of nitrogens with zero attached hydrogens (tertiary/aromatic N) is 3. The van der Waals surface area contributed by atoms with Crippen molar-refractivity contribution in [2.45, 2.75) is 13.5 Å². The fourth-order valence-corrected chi connectivity index (χ4v) is 3.59. The first-order valence-corrected chi connectivity index (χ1v) is 9.48. The van der Waals surface area contributed by atoms with Gasteiger partial charge in [0.05, 0.1) is 33.4 Å². The lowest BCUT2D eigenvalue weighted by atomic mass is 10.3. The van der Waals surface area contributed by atoms with Crippen LogP contribution in [-0.4, -0.2) is 35.1 Å². The molecule has 0 bridgehead atoms. The van der Waals surface area contributed by atoms with Crippen LogP contribution in [0.15, 0.2) is 29.8 Å². The highest BCUT2D eigenvalue weighted by Crippen LogP contribution is 2.29. The minimum Gasteiger partial charge on any atom is -0.314 e. The molecule has 0 saturated carbocycles. The molecule has 1 N–H and O–H groups in total. The first-order chi connectivity index (χ1) is 10.8. The van der Waals surface area contributed by atoms with Crippen molar-refractivity contribution in [1.82, 2.24) is 19.3 Å². The highest BCUT2D eigenvalue weighted by Gasteiger charge is 2.19. The summed E-state index contributed by atoms with van der Waals surface area (Å²) in [5, 5.41) is 0. The molecule has 1 amide bonds. The smallest absolute Gasteiger partial charge is 0.253 e. The number of hydrogen-bond acceptors (Lipinski definition) is 6. The summed E-state index contributed by atoms with van der Waals surface area (Å²) in [4.78, 5) is 21.7. The number of thiazole rings is 1. The monoisotopic (exact) mass is 350 g/mol. The summed E-state index contributed by atoms with van der Waals surface area (Å²) in [5.74, 6) is -0.00563. The maximum Gasteiger partial charge on any atom is 0.253 e. The van der Waals surface area contributed by atoms with Crippen LogP contribution in [0, 0.1) is 6.92 Å². The van der Waals surface area contributed by atoms with Gasteiger partial charge in [-0.3, -0.25) is 9.52 Å². The average Bonchev–Trinajstić information content (AvgIpc) is 3.01. The van der Waals surface area contributed by atoms with E-state index in [1.807, 2.05) is 35.9 Å². The summed E-state index contributed by atoms with van der Waals surface area (Å²) in [5.41, 5.74) is 4.03. The number of hydrogen-bond donors (Lipinski definition) is 1. The van der Waals surface area contributed by atoms with Gasteiger partial charge in [0, 0.05) is 0 Å². The molecule has 1 aromatic carbocycles. The largest absolute Gasteiger partial charge is 0.314 e. The first-order valence-electron chi connectivity index (χ1n) is 6.71. The van der Waals surface area contributed by atoms with Gasteiger partial charge in [-0.05, 0) is 19.1 Å². The third-order valence-electron chi connectivity index (χ3n) is 3.20. The van der Waals surface area contributed by atoms with Crippen LogP contribution in [0.1, 0.15) is 5.69 Å². The third-order valence-corrected chi connectivity index (χ3v) is 4.73. The summed E-state index contributed by atoms with van der Waals surface area (Å²) in [6.45, 7) is 1.73. The number of nitrogens with one attached hydrogen (secondary N) is 1. The molecule has 3 aromatic rings. The number of amides is 1. The molecule has 0 aliphatic rings. The van der Waals surface area contributed by atoms with Gasteiger partial charge in [-0.2, -0.15) is 0 Å². The van der Waals surface area contributed by atoms with Crippen LogP contribution in [0.4, 0.5) is 0 Å². The molecule has 23 heavy (non-hydrogen) atoms. The van der Waals surface area contributed by atoms with Crippen LogP contribution in [0.3, 0.4) is 0 Å². The molecule has 2 heterocycles. The SMILES string of the molecule is Cc1ncsc1-c1nc2ccccc2n1CC(=O)NS(C)(=O)=O. The van der Waals surface area contributed by atoms with Crippen LogP contribution >= 0.6 is 11.3 Å². The number of carbonyl (C=O) groups excluding carboxylic acids is 1. The van der Waals surface area contributed by atoms with E-state index in [1.54, 1.807) is 10.1 Å². The van der Waals surface area contributed by atoms with Crippen LogP contribution in [0.5, 0.6) is 0 Å². The number of fused-ring (bicyclic) bond motifs is 1. The van der Waals surface area contributed by atoms with Crippen molar-refractivity contribution in [3.8, 4) is 10.7 Å². The van der Waals surface area contributed by atoms with E-state index in [0.717, 1.165) is 27.9 Å². The van der Waals surface area contributed by atoms with Gasteiger partial charge >= 0.3 is 0 Å². The third kappa shape index (κ3) is 3.25. The van der Waals surface area contributed by atoms with Crippen molar-refractivity contribution in [2.75, 3.05) is 6.26 Å². The Balaban J connectivity index is 2.10. The molecule has 9 heteroatoms. The maximum absolute atomic E-state index is 12.0. The molecule has 0 unspecified atom stereocenters. The first kappa shape index (κ1) is 15.6. The summed E-state index contributed by atoms with van der Waals surface area (Å²) in [6.07, 6.45) is 0.950. The standard InChI is InChI=1S/C14H14N4O3S2/c1-9-13(22-8-15-9)14-16-10-5-3-4-6-11(10)18(14)7-12(19)17-23(2,20)21/h3-6,8H,7H2,1-2H3,(H,17,19). The fourth-order valence-electron chi connectivity index (χ4n) is 2.31. The van der Waals surface area contributed by atoms with Crippen molar-refractivity contribution in [3.05, 3.63) is 35.5 Å². The van der Waals surface area contributed by atoms with E-state index >= 15 is 0 Å². The van der Waals surface area contributed by atoms with Gasteiger partial charge in [0.15, 0.2) is 5.82 Å². The Morgan fingerprint density at radius 1 is 1.35 bits per heavy atom. The van der Waals surface area contributed by atoms with Crippen molar-refractivity contribution in [2.24, 2.45) is 0 Å². The van der Waals surface area contributed by atoms with Crippen molar-refractivity contribution in [3.63, 3.8) is 0 Å². The Bertz CT molecular complexity index is 989. The lowest BCUT2D eigenvalue weighted by Crippen LogP contribution is -2.32. The van der Waals surface area contributed by atoms with E-state index in [0.29, 0.717) is 5.82 Å². The molecule has 0 aliphatic carbocycles. The van der Waals surface area contributed by atoms with Gasteiger partial charge in [-0.15, -0.1) is 11.3 Å². The van der Waals surface area contributed by atoms with E-state index in [4.69, 9.17) is 0 Å².